The summed E-state index contributed by atoms with van der Waals surface area (Å²) in [7, 11) is 1.25. The second-order valence-electron chi connectivity index (χ2n) is 3.99. The summed E-state index contributed by atoms with van der Waals surface area (Å²) in [6, 6.07) is 11.9. The number of carbonyl (C=O) groups excluding carboxylic acids is 1. The molecular weight excluding hydrogens is 405 g/mol. The summed E-state index contributed by atoms with van der Waals surface area (Å²) in [5.74, 6) is -0.591. The van der Waals surface area contributed by atoms with E-state index in [1.807, 2.05) is 24.3 Å². The number of rotatable bonds is 4. The predicted molar refractivity (Wildman–Crippen MR) is 87.7 cm³/mol. The third kappa shape index (κ3) is 3.94. The number of ether oxygens (including phenoxy) is 1. The fourth-order valence-electron chi connectivity index (χ4n) is 1.62. The molecule has 7 heteroatoms. The highest BCUT2D eigenvalue weighted by Crippen LogP contribution is 2.33. The highest BCUT2D eigenvalue weighted by Gasteiger charge is 2.18. The highest BCUT2D eigenvalue weighted by atomic mass is 127. The Morgan fingerprint density at radius 3 is 2.48 bits per heavy atom. The number of nitrogens with zero attached hydrogens (tertiary/aromatic N) is 1. The third-order valence-corrected chi connectivity index (χ3v) is 4.42. The Hall–Kier alpha value is -1.61. The molecule has 2 aromatic rings. The molecule has 0 aliphatic rings. The number of hydrogen-bond donors (Lipinski definition) is 0. The molecule has 2 rings (SSSR count). The topological polar surface area (TPSA) is 69.4 Å². The van der Waals surface area contributed by atoms with Gasteiger partial charge in [-0.05, 0) is 52.9 Å². The van der Waals surface area contributed by atoms with Crippen molar-refractivity contribution in [1.29, 1.82) is 0 Å². The van der Waals surface area contributed by atoms with Crippen molar-refractivity contribution >= 4 is 46.0 Å². The average Bonchev–Trinajstić information content (AvgIpc) is 2.49. The zero-order valence-electron chi connectivity index (χ0n) is 10.9. The van der Waals surface area contributed by atoms with E-state index in [1.54, 1.807) is 6.07 Å². The van der Waals surface area contributed by atoms with Gasteiger partial charge in [0.2, 0.25) is 0 Å². The summed E-state index contributed by atoms with van der Waals surface area (Å²) in [5.41, 5.74) is 0.0533. The molecule has 21 heavy (non-hydrogen) atoms. The van der Waals surface area contributed by atoms with Gasteiger partial charge < -0.3 is 4.74 Å². The quantitative estimate of drug-likeness (QED) is 0.325. The number of benzene rings is 2. The van der Waals surface area contributed by atoms with E-state index < -0.39 is 10.9 Å². The Labute approximate surface area is 139 Å². The molecule has 0 fully saturated rings. The van der Waals surface area contributed by atoms with E-state index in [0.717, 1.165) is 8.47 Å². The van der Waals surface area contributed by atoms with E-state index in [0.29, 0.717) is 4.90 Å². The highest BCUT2D eigenvalue weighted by molar-refractivity contribution is 14.1. The number of hydrogen-bond acceptors (Lipinski definition) is 5. The lowest BCUT2D eigenvalue weighted by Gasteiger charge is -2.07. The normalized spacial score (nSPS) is 10.2. The fourth-order valence-corrected chi connectivity index (χ4v) is 2.89. The van der Waals surface area contributed by atoms with Crippen LogP contribution in [0.1, 0.15) is 10.4 Å². The van der Waals surface area contributed by atoms with Crippen LogP contribution >= 0.6 is 34.4 Å². The van der Waals surface area contributed by atoms with E-state index in [4.69, 9.17) is 4.74 Å². The molecule has 0 saturated carbocycles. The molecule has 0 aliphatic heterocycles. The van der Waals surface area contributed by atoms with Crippen molar-refractivity contribution in [2.45, 2.75) is 9.79 Å². The maximum absolute atomic E-state index is 11.8. The lowest BCUT2D eigenvalue weighted by molar-refractivity contribution is -0.384. The molecule has 2 aromatic carbocycles. The summed E-state index contributed by atoms with van der Waals surface area (Å²) in [6.07, 6.45) is 0. The Bertz CT molecular complexity index is 688. The van der Waals surface area contributed by atoms with Crippen molar-refractivity contribution in [3.05, 3.63) is 61.7 Å². The molecular formula is C14H10INO4S. The van der Waals surface area contributed by atoms with Gasteiger partial charge >= 0.3 is 5.97 Å². The number of esters is 1. The maximum Gasteiger partial charge on any atom is 0.339 e. The first-order valence-corrected chi connectivity index (χ1v) is 7.71. The fraction of sp³-hybridized carbons (Fsp3) is 0.0714. The van der Waals surface area contributed by atoms with Crippen molar-refractivity contribution in [3.63, 3.8) is 0 Å². The minimum absolute atomic E-state index is 0.137. The number of methoxy groups -OCH3 is 1. The van der Waals surface area contributed by atoms with E-state index >= 15 is 0 Å². The molecule has 0 amide bonds. The Morgan fingerprint density at radius 1 is 1.24 bits per heavy atom. The number of halogens is 1. The third-order valence-electron chi connectivity index (χ3n) is 2.62. The van der Waals surface area contributed by atoms with Gasteiger partial charge in [-0.3, -0.25) is 10.1 Å². The van der Waals surface area contributed by atoms with Gasteiger partial charge in [0, 0.05) is 25.5 Å². The van der Waals surface area contributed by atoms with Crippen LogP contribution in [0, 0.1) is 13.7 Å². The molecule has 0 atom stereocenters. The minimum atomic E-state index is -0.591. The maximum atomic E-state index is 11.8. The van der Waals surface area contributed by atoms with Crippen LogP contribution in [0.4, 0.5) is 5.69 Å². The SMILES string of the molecule is COC(=O)c1cc([N+](=O)[O-])ccc1Sc1ccc(I)cc1. The average molecular weight is 415 g/mol. The second kappa shape index (κ2) is 6.90. The first-order valence-electron chi connectivity index (χ1n) is 5.81. The van der Waals surface area contributed by atoms with Crippen LogP contribution in [-0.2, 0) is 4.74 Å². The van der Waals surface area contributed by atoms with Crippen LogP contribution in [0.2, 0.25) is 0 Å². The predicted octanol–water partition coefficient (Wildman–Crippen LogP) is 4.14. The molecule has 0 unspecified atom stereocenters. The Morgan fingerprint density at radius 2 is 1.90 bits per heavy atom. The molecule has 108 valence electrons. The monoisotopic (exact) mass is 415 g/mol. The summed E-state index contributed by atoms with van der Waals surface area (Å²) in [5, 5.41) is 10.8. The molecule has 0 radical (unpaired) electrons. The van der Waals surface area contributed by atoms with Crippen LogP contribution < -0.4 is 0 Å². The molecule has 0 aliphatic carbocycles. The lowest BCUT2D eigenvalue weighted by atomic mass is 10.2. The molecule has 0 spiro atoms. The van der Waals surface area contributed by atoms with Crippen molar-refractivity contribution < 1.29 is 14.5 Å². The molecule has 0 bridgehead atoms. The van der Waals surface area contributed by atoms with Gasteiger partial charge in [-0.15, -0.1) is 0 Å². The van der Waals surface area contributed by atoms with Crippen LogP contribution in [0.5, 0.6) is 0 Å². The first kappa shape index (κ1) is 15.8. The largest absolute Gasteiger partial charge is 0.465 e. The first-order chi connectivity index (χ1) is 10.0. The van der Waals surface area contributed by atoms with Crippen LogP contribution in [0.15, 0.2) is 52.3 Å². The molecule has 5 nitrogen and oxygen atoms in total. The summed E-state index contributed by atoms with van der Waals surface area (Å²) >= 11 is 3.56. The van der Waals surface area contributed by atoms with Crippen molar-refractivity contribution in [3.8, 4) is 0 Å². The van der Waals surface area contributed by atoms with Crippen molar-refractivity contribution in [1.82, 2.24) is 0 Å². The number of nitro groups is 1. The van der Waals surface area contributed by atoms with Gasteiger partial charge in [0.25, 0.3) is 5.69 Å². The summed E-state index contributed by atoms with van der Waals surface area (Å²) in [4.78, 5) is 23.6. The summed E-state index contributed by atoms with van der Waals surface area (Å²) in [6.45, 7) is 0. The van der Waals surface area contributed by atoms with Crippen molar-refractivity contribution in [2.75, 3.05) is 7.11 Å². The van der Waals surface area contributed by atoms with Crippen LogP contribution in [0.3, 0.4) is 0 Å². The van der Waals surface area contributed by atoms with Gasteiger partial charge in [-0.1, -0.05) is 11.8 Å². The number of non-ortho nitro benzene ring substituents is 1. The zero-order chi connectivity index (χ0) is 15.4. The number of carbonyl (C=O) groups is 1. The zero-order valence-corrected chi connectivity index (χ0v) is 13.9. The van der Waals surface area contributed by atoms with E-state index in [9.17, 15) is 14.9 Å². The standard InChI is InChI=1S/C14H10INO4S/c1-20-14(17)12-8-10(16(18)19)4-7-13(12)21-11-5-2-9(15)3-6-11/h2-8H,1H3. The van der Waals surface area contributed by atoms with Crippen LogP contribution in [-0.4, -0.2) is 18.0 Å². The van der Waals surface area contributed by atoms with Gasteiger partial charge in [0.05, 0.1) is 17.6 Å². The van der Waals surface area contributed by atoms with Gasteiger partial charge in [-0.25, -0.2) is 4.79 Å². The second-order valence-corrected chi connectivity index (χ2v) is 6.35. The summed E-state index contributed by atoms with van der Waals surface area (Å²) < 4.78 is 5.80. The smallest absolute Gasteiger partial charge is 0.339 e. The molecule has 0 aromatic heterocycles. The van der Waals surface area contributed by atoms with E-state index in [1.165, 1.54) is 31.0 Å². The van der Waals surface area contributed by atoms with E-state index in [-0.39, 0.29) is 11.3 Å². The number of nitro benzene ring substituents is 1. The lowest BCUT2D eigenvalue weighted by Crippen LogP contribution is -2.04. The van der Waals surface area contributed by atoms with Gasteiger partial charge in [0.1, 0.15) is 0 Å². The minimum Gasteiger partial charge on any atom is -0.465 e. The van der Waals surface area contributed by atoms with Gasteiger partial charge in [-0.2, -0.15) is 0 Å². The van der Waals surface area contributed by atoms with Crippen LogP contribution in [0.25, 0.3) is 0 Å². The molecule has 0 heterocycles. The molecule has 0 N–H and O–H groups in total. The van der Waals surface area contributed by atoms with Crippen molar-refractivity contribution in [2.24, 2.45) is 0 Å². The Kier molecular flexibility index (Phi) is 5.18. The van der Waals surface area contributed by atoms with E-state index in [2.05, 4.69) is 22.6 Å². The molecule has 0 saturated heterocycles. The van der Waals surface area contributed by atoms with Gasteiger partial charge in [0.15, 0.2) is 0 Å². The Balaban J connectivity index is 2.40.